The number of nitrogens with zero attached hydrogens (tertiary/aromatic N) is 2. The van der Waals surface area contributed by atoms with E-state index in [-0.39, 0.29) is 5.91 Å². The minimum atomic E-state index is -0.603. The predicted molar refractivity (Wildman–Crippen MR) is 113 cm³/mol. The molecule has 3 aromatic rings. The van der Waals surface area contributed by atoms with Crippen molar-refractivity contribution in [3.05, 3.63) is 77.6 Å². The molecule has 2 amide bonds. The first-order valence-electron chi connectivity index (χ1n) is 8.86. The quantitative estimate of drug-likeness (QED) is 0.519. The van der Waals surface area contributed by atoms with Crippen LogP contribution in [0.1, 0.15) is 21.5 Å². The number of hydrogen-bond donors (Lipinski definition) is 3. The number of carbonyl (C=O) groups is 2. The van der Waals surface area contributed by atoms with Gasteiger partial charge in [-0.25, -0.2) is 9.97 Å². The summed E-state index contributed by atoms with van der Waals surface area (Å²) in [6.07, 6.45) is 3.22. The van der Waals surface area contributed by atoms with Gasteiger partial charge in [-0.2, -0.15) is 0 Å². The maximum Gasteiger partial charge on any atom is 0.258 e. The van der Waals surface area contributed by atoms with Gasteiger partial charge in [0.1, 0.15) is 17.5 Å². The normalized spacial score (nSPS) is 10.4. The van der Waals surface area contributed by atoms with Crippen molar-refractivity contribution < 1.29 is 14.7 Å². The van der Waals surface area contributed by atoms with Crippen molar-refractivity contribution in [3.8, 4) is 0 Å². The fourth-order valence-electron chi connectivity index (χ4n) is 2.57. The van der Waals surface area contributed by atoms with Crippen LogP contribution in [-0.2, 0) is 10.5 Å². The van der Waals surface area contributed by atoms with E-state index < -0.39 is 12.5 Å². The number of rotatable bonds is 7. The molecule has 29 heavy (non-hydrogen) atoms. The van der Waals surface area contributed by atoms with Crippen LogP contribution in [-0.4, -0.2) is 33.5 Å². The third kappa shape index (κ3) is 5.87. The largest absolute Gasteiger partial charge is 0.387 e. The molecule has 1 aromatic carbocycles. The van der Waals surface area contributed by atoms with E-state index >= 15 is 0 Å². The van der Waals surface area contributed by atoms with Crippen LogP contribution in [0.3, 0.4) is 0 Å². The highest BCUT2D eigenvalue weighted by Crippen LogP contribution is 2.25. The number of carbonyl (C=O) groups excluding carboxylic acids is 2. The van der Waals surface area contributed by atoms with Crippen LogP contribution in [0, 0.1) is 6.92 Å². The zero-order chi connectivity index (χ0) is 20.6. The van der Waals surface area contributed by atoms with Crippen LogP contribution in [0.5, 0.6) is 0 Å². The molecule has 2 heterocycles. The fraction of sp³-hybridized carbons (Fsp3) is 0.143. The number of pyridine rings is 2. The Morgan fingerprint density at radius 2 is 1.90 bits per heavy atom. The first-order chi connectivity index (χ1) is 14.0. The summed E-state index contributed by atoms with van der Waals surface area (Å²) in [4.78, 5) is 32.4. The highest BCUT2D eigenvalue weighted by Gasteiger charge is 2.13. The van der Waals surface area contributed by atoms with Crippen LogP contribution < -0.4 is 10.6 Å². The number of nitrogens with one attached hydrogen (secondary N) is 2. The van der Waals surface area contributed by atoms with Gasteiger partial charge in [-0.3, -0.25) is 9.59 Å². The van der Waals surface area contributed by atoms with E-state index in [1.165, 1.54) is 11.8 Å². The molecule has 0 radical (unpaired) electrons. The number of benzene rings is 1. The number of aromatic nitrogens is 2. The summed E-state index contributed by atoms with van der Waals surface area (Å²) < 4.78 is 0. The summed E-state index contributed by atoms with van der Waals surface area (Å²) in [5, 5.41) is 14.8. The van der Waals surface area contributed by atoms with Crippen LogP contribution in [0.15, 0.2) is 66.0 Å². The molecule has 0 fully saturated rings. The molecule has 0 saturated heterocycles. The molecule has 0 aliphatic rings. The second-order valence-electron chi connectivity index (χ2n) is 6.22. The maximum atomic E-state index is 12.7. The van der Waals surface area contributed by atoms with E-state index in [9.17, 15) is 9.59 Å². The average molecular weight is 408 g/mol. The monoisotopic (exact) mass is 408 g/mol. The van der Waals surface area contributed by atoms with Crippen LogP contribution in [0.25, 0.3) is 0 Å². The number of aliphatic hydroxyl groups is 1. The Labute approximate surface area is 172 Å². The highest BCUT2D eigenvalue weighted by molar-refractivity contribution is 7.98. The van der Waals surface area contributed by atoms with Gasteiger partial charge >= 0.3 is 0 Å². The van der Waals surface area contributed by atoms with Gasteiger partial charge in [0.25, 0.3) is 11.8 Å². The van der Waals surface area contributed by atoms with Crippen molar-refractivity contribution in [2.45, 2.75) is 17.7 Å². The van der Waals surface area contributed by atoms with Crippen molar-refractivity contribution in [1.82, 2.24) is 9.97 Å². The summed E-state index contributed by atoms with van der Waals surface area (Å²) in [6, 6.07) is 14.6. The predicted octanol–water partition coefficient (Wildman–Crippen LogP) is 3.26. The number of hydrogen-bond acceptors (Lipinski definition) is 6. The van der Waals surface area contributed by atoms with Crippen molar-refractivity contribution in [2.24, 2.45) is 0 Å². The lowest BCUT2D eigenvalue weighted by Gasteiger charge is -2.10. The SMILES string of the molecule is Cc1cccc(NC(=O)c2cccnc2SCc2ccnc(NC(=O)CO)c2)c1. The molecule has 0 spiro atoms. The lowest BCUT2D eigenvalue weighted by atomic mass is 10.2. The summed E-state index contributed by atoms with van der Waals surface area (Å²) in [5.41, 5.74) is 3.18. The Hall–Kier alpha value is -3.23. The van der Waals surface area contributed by atoms with Crippen molar-refractivity contribution >= 4 is 35.1 Å². The van der Waals surface area contributed by atoms with Gasteiger partial charge < -0.3 is 15.7 Å². The first kappa shape index (κ1) is 20.5. The molecule has 0 atom stereocenters. The van der Waals surface area contributed by atoms with Gasteiger partial charge in [0.15, 0.2) is 0 Å². The van der Waals surface area contributed by atoms with Gasteiger partial charge in [0.2, 0.25) is 0 Å². The second kappa shape index (κ2) is 9.81. The Morgan fingerprint density at radius 1 is 1.03 bits per heavy atom. The number of aliphatic hydroxyl groups excluding tert-OH is 1. The minimum Gasteiger partial charge on any atom is -0.387 e. The number of aryl methyl sites for hydroxylation is 1. The third-order valence-corrected chi connectivity index (χ3v) is 4.98. The zero-order valence-electron chi connectivity index (χ0n) is 15.8. The maximum absolute atomic E-state index is 12.7. The van der Waals surface area contributed by atoms with Crippen LogP contribution >= 0.6 is 11.8 Å². The van der Waals surface area contributed by atoms with Crippen LogP contribution in [0.2, 0.25) is 0 Å². The molecule has 0 aliphatic carbocycles. The first-order valence-corrected chi connectivity index (χ1v) is 9.85. The number of anilines is 2. The molecular weight excluding hydrogens is 388 g/mol. The third-order valence-electron chi connectivity index (χ3n) is 3.90. The van der Waals surface area contributed by atoms with Crippen LogP contribution in [0.4, 0.5) is 11.5 Å². The molecule has 3 N–H and O–H groups in total. The summed E-state index contributed by atoms with van der Waals surface area (Å²) in [7, 11) is 0. The standard InChI is InChI=1S/C21H20N4O3S/c1-14-4-2-5-16(10-14)24-20(28)17-6-3-8-23-21(17)29-13-15-7-9-22-18(11-15)25-19(27)12-26/h2-11,26H,12-13H2,1H3,(H,24,28)(H,22,25,27). The number of thioether (sulfide) groups is 1. The van der Waals surface area contributed by atoms with Gasteiger partial charge in [0, 0.05) is 23.8 Å². The van der Waals surface area contributed by atoms with Crippen molar-refractivity contribution in [1.29, 1.82) is 0 Å². The lowest BCUT2D eigenvalue weighted by molar-refractivity contribution is -0.118. The molecule has 148 valence electrons. The van der Waals surface area contributed by atoms with E-state index in [4.69, 9.17) is 5.11 Å². The van der Waals surface area contributed by atoms with E-state index in [1.54, 1.807) is 30.6 Å². The van der Waals surface area contributed by atoms with Crippen molar-refractivity contribution in [3.63, 3.8) is 0 Å². The van der Waals surface area contributed by atoms with Gasteiger partial charge in [0.05, 0.1) is 5.56 Å². The van der Waals surface area contributed by atoms with E-state index in [2.05, 4.69) is 20.6 Å². The highest BCUT2D eigenvalue weighted by atomic mass is 32.2. The smallest absolute Gasteiger partial charge is 0.258 e. The molecular formula is C21H20N4O3S. The molecule has 0 saturated carbocycles. The molecule has 0 aliphatic heterocycles. The number of amides is 2. The Bertz CT molecular complexity index is 1030. The van der Waals surface area contributed by atoms with E-state index in [1.807, 2.05) is 37.3 Å². The Balaban J connectivity index is 1.70. The minimum absolute atomic E-state index is 0.225. The molecule has 0 unspecified atom stereocenters. The average Bonchev–Trinajstić information content (AvgIpc) is 2.72. The van der Waals surface area contributed by atoms with Gasteiger partial charge in [-0.05, 0) is 54.4 Å². The molecule has 0 bridgehead atoms. The topological polar surface area (TPSA) is 104 Å². The fourth-order valence-corrected chi connectivity index (χ4v) is 3.50. The van der Waals surface area contributed by atoms with Gasteiger partial charge in [-0.15, -0.1) is 11.8 Å². The van der Waals surface area contributed by atoms with Gasteiger partial charge in [-0.1, -0.05) is 12.1 Å². The second-order valence-corrected chi connectivity index (χ2v) is 7.19. The Kier molecular flexibility index (Phi) is 6.94. The molecule has 8 heteroatoms. The summed E-state index contributed by atoms with van der Waals surface area (Å²) >= 11 is 1.41. The summed E-state index contributed by atoms with van der Waals surface area (Å²) in [6.45, 7) is 1.36. The molecule has 2 aromatic heterocycles. The summed E-state index contributed by atoms with van der Waals surface area (Å²) in [5.74, 6) is 0.145. The lowest BCUT2D eigenvalue weighted by Crippen LogP contribution is -2.16. The molecule has 7 nitrogen and oxygen atoms in total. The zero-order valence-corrected chi connectivity index (χ0v) is 16.6. The van der Waals surface area contributed by atoms with E-state index in [0.717, 1.165) is 16.8 Å². The Morgan fingerprint density at radius 3 is 2.69 bits per heavy atom. The van der Waals surface area contributed by atoms with Crippen molar-refractivity contribution in [2.75, 3.05) is 17.2 Å². The van der Waals surface area contributed by atoms with E-state index in [0.29, 0.717) is 22.2 Å². The molecule has 3 rings (SSSR count).